The normalized spacial score (nSPS) is 14.4. The fourth-order valence-corrected chi connectivity index (χ4v) is 4.60. The van der Waals surface area contributed by atoms with Crippen LogP contribution in [0.4, 0.5) is 0 Å². The predicted octanol–water partition coefficient (Wildman–Crippen LogP) is 4.56. The third kappa shape index (κ3) is 3.60. The lowest BCUT2D eigenvalue weighted by Crippen LogP contribution is -2.42. The summed E-state index contributed by atoms with van der Waals surface area (Å²) >= 11 is 0. The minimum absolute atomic E-state index is 0.219. The van der Waals surface area contributed by atoms with Crippen molar-refractivity contribution in [2.24, 2.45) is 0 Å². The third-order valence-electron chi connectivity index (χ3n) is 6.39. The van der Waals surface area contributed by atoms with Gasteiger partial charge in [0.2, 0.25) is 0 Å². The molecule has 0 aliphatic carbocycles. The van der Waals surface area contributed by atoms with Gasteiger partial charge in [0, 0.05) is 35.7 Å². The van der Waals surface area contributed by atoms with Gasteiger partial charge in [-0.05, 0) is 55.9 Å². The Bertz CT molecular complexity index is 1500. The average Bonchev–Trinajstić information content (AvgIpc) is 3.21. The van der Waals surface area contributed by atoms with Crippen molar-refractivity contribution in [3.8, 4) is 39.4 Å². The van der Waals surface area contributed by atoms with E-state index >= 15 is 0 Å². The zero-order chi connectivity index (χ0) is 23.2. The lowest BCUT2D eigenvalue weighted by atomic mass is 9.93. The van der Waals surface area contributed by atoms with Gasteiger partial charge >= 0.3 is 0 Å². The highest BCUT2D eigenvalue weighted by molar-refractivity contribution is 5.87. The van der Waals surface area contributed by atoms with Crippen LogP contribution in [0.1, 0.15) is 17.3 Å². The average molecular weight is 449 g/mol. The van der Waals surface area contributed by atoms with Crippen molar-refractivity contribution >= 4 is 5.65 Å². The summed E-state index contributed by atoms with van der Waals surface area (Å²) in [6.45, 7) is 3.98. The van der Waals surface area contributed by atoms with Crippen LogP contribution in [0.25, 0.3) is 39.3 Å². The molecule has 1 aliphatic heterocycles. The van der Waals surface area contributed by atoms with Crippen LogP contribution in [-0.4, -0.2) is 54.9 Å². The highest BCUT2D eigenvalue weighted by Crippen LogP contribution is 2.38. The van der Waals surface area contributed by atoms with Gasteiger partial charge in [-0.15, -0.1) is 0 Å². The van der Waals surface area contributed by atoms with Crippen molar-refractivity contribution in [1.29, 1.82) is 0 Å². The summed E-state index contributed by atoms with van der Waals surface area (Å²) in [4.78, 5) is 6.73. The number of phenols is 1. The van der Waals surface area contributed by atoms with Crippen molar-refractivity contribution in [3.63, 3.8) is 0 Å². The summed E-state index contributed by atoms with van der Waals surface area (Å²) in [5, 5.41) is 24.5. The van der Waals surface area contributed by atoms with Crippen LogP contribution in [0.3, 0.4) is 0 Å². The molecule has 0 bridgehead atoms. The number of para-hydroxylation sites is 1. The van der Waals surface area contributed by atoms with E-state index in [1.54, 1.807) is 10.6 Å². The van der Waals surface area contributed by atoms with E-state index in [1.165, 1.54) is 0 Å². The van der Waals surface area contributed by atoms with Gasteiger partial charge in [-0.1, -0.05) is 30.3 Å². The monoisotopic (exact) mass is 448 g/mol. The molecule has 4 heterocycles. The quantitative estimate of drug-likeness (QED) is 0.434. The number of nitrogens with zero attached hydrogens (tertiary/aromatic N) is 6. The van der Waals surface area contributed by atoms with Crippen molar-refractivity contribution < 1.29 is 5.11 Å². The number of rotatable bonds is 4. The molecule has 168 valence electrons. The number of benzene rings is 2. The molecule has 7 nitrogen and oxygen atoms in total. The van der Waals surface area contributed by atoms with Crippen molar-refractivity contribution in [3.05, 3.63) is 84.3 Å². The molecule has 1 N–H and O–H groups in total. The van der Waals surface area contributed by atoms with Gasteiger partial charge in [0.15, 0.2) is 5.65 Å². The number of likely N-dealkylation sites (tertiary alicyclic amines) is 1. The van der Waals surface area contributed by atoms with Gasteiger partial charge in [0.1, 0.15) is 5.75 Å². The number of hydrogen-bond donors (Lipinski definition) is 1. The second kappa shape index (κ2) is 8.04. The van der Waals surface area contributed by atoms with Gasteiger partial charge in [0.05, 0.1) is 29.0 Å². The van der Waals surface area contributed by atoms with Crippen LogP contribution in [0, 0.1) is 6.92 Å². The van der Waals surface area contributed by atoms with E-state index in [1.807, 2.05) is 61.7 Å². The van der Waals surface area contributed by atoms with E-state index in [9.17, 15) is 5.11 Å². The second-order valence-electron chi connectivity index (χ2n) is 8.94. The lowest BCUT2D eigenvalue weighted by molar-refractivity contribution is 0.186. The molecule has 0 radical (unpaired) electrons. The maximum absolute atomic E-state index is 10.7. The number of fused-ring (bicyclic) bond motifs is 1. The van der Waals surface area contributed by atoms with Crippen LogP contribution in [0.5, 0.6) is 5.75 Å². The van der Waals surface area contributed by atoms with Gasteiger partial charge in [-0.3, -0.25) is 0 Å². The van der Waals surface area contributed by atoms with Crippen molar-refractivity contribution in [2.45, 2.75) is 12.8 Å². The predicted molar refractivity (Wildman–Crippen MR) is 132 cm³/mol. The Kier molecular flexibility index (Phi) is 4.85. The van der Waals surface area contributed by atoms with Gasteiger partial charge < -0.3 is 10.0 Å². The highest BCUT2D eigenvalue weighted by Gasteiger charge is 2.26. The first kappa shape index (κ1) is 20.5. The maximum Gasteiger partial charge on any atom is 0.153 e. The molecule has 0 unspecified atom stereocenters. The molecule has 3 aromatic heterocycles. The van der Waals surface area contributed by atoms with Crippen LogP contribution in [-0.2, 0) is 0 Å². The number of imidazole rings is 1. The van der Waals surface area contributed by atoms with E-state index in [2.05, 4.69) is 39.3 Å². The molecule has 7 heteroatoms. The Morgan fingerprint density at radius 1 is 0.853 bits per heavy atom. The summed E-state index contributed by atoms with van der Waals surface area (Å²) in [5.74, 6) is 0.663. The minimum Gasteiger partial charge on any atom is -0.507 e. The zero-order valence-corrected chi connectivity index (χ0v) is 19.1. The molecule has 1 saturated heterocycles. The van der Waals surface area contributed by atoms with E-state index in [-0.39, 0.29) is 5.75 Å². The minimum atomic E-state index is 0.219. The number of aryl methyl sites for hydroxylation is 1. The molecule has 34 heavy (non-hydrogen) atoms. The Labute approximate surface area is 197 Å². The first-order valence-corrected chi connectivity index (χ1v) is 11.3. The van der Waals surface area contributed by atoms with Gasteiger partial charge in [-0.25, -0.2) is 9.50 Å². The number of phenolic OH excluding ortho intramolecular Hbond substituents is 1. The van der Waals surface area contributed by atoms with Crippen LogP contribution >= 0.6 is 0 Å². The summed E-state index contributed by atoms with van der Waals surface area (Å²) in [6.07, 6.45) is 1.91. The van der Waals surface area contributed by atoms with Crippen LogP contribution < -0.4 is 0 Å². The summed E-state index contributed by atoms with van der Waals surface area (Å²) in [7, 11) is 2.11. The van der Waals surface area contributed by atoms with E-state index in [0.717, 1.165) is 63.8 Å². The first-order valence-electron chi connectivity index (χ1n) is 11.3. The molecule has 0 atom stereocenters. The van der Waals surface area contributed by atoms with Crippen molar-refractivity contribution in [2.75, 3.05) is 20.1 Å². The van der Waals surface area contributed by atoms with Crippen LogP contribution in [0.2, 0.25) is 0 Å². The topological polar surface area (TPSA) is 79.4 Å². The number of aromatic hydroxyl groups is 1. The van der Waals surface area contributed by atoms with Crippen molar-refractivity contribution in [1.82, 2.24) is 29.7 Å². The standard InChI is InChI=1S/C27H24N6O/c1-17-14-33-27(28-17)12-11-24(31-33)18-7-8-20(22(13-18)21-5-3-4-6-26(21)34)25-10-9-23(29-30-25)19-15-32(2)16-19/h3-14,19,34H,15-16H2,1-2H3. The molecule has 2 aromatic carbocycles. The SMILES string of the molecule is Cc1cn2nc(-c3ccc(-c4ccc(C5CN(C)C5)nn4)c(-c4ccccc4O)c3)ccc2n1. The van der Waals surface area contributed by atoms with E-state index in [0.29, 0.717) is 5.92 Å². The maximum atomic E-state index is 10.7. The smallest absolute Gasteiger partial charge is 0.153 e. The van der Waals surface area contributed by atoms with Gasteiger partial charge in [-0.2, -0.15) is 15.3 Å². The first-order chi connectivity index (χ1) is 16.5. The number of aromatic nitrogens is 5. The fourth-order valence-electron chi connectivity index (χ4n) is 4.60. The second-order valence-corrected chi connectivity index (χ2v) is 8.94. The Hall–Kier alpha value is -4.10. The fraction of sp³-hybridized carbons (Fsp3) is 0.185. The lowest BCUT2D eigenvalue weighted by Gasteiger charge is -2.35. The Morgan fingerprint density at radius 2 is 1.68 bits per heavy atom. The molecule has 0 amide bonds. The molecule has 1 fully saturated rings. The molecular weight excluding hydrogens is 424 g/mol. The molecule has 0 saturated carbocycles. The number of likely N-dealkylation sites (N-methyl/N-ethyl adjacent to an activating group) is 1. The highest BCUT2D eigenvalue weighted by atomic mass is 16.3. The Morgan fingerprint density at radius 3 is 2.44 bits per heavy atom. The molecular formula is C27H24N6O. The van der Waals surface area contributed by atoms with Gasteiger partial charge in [0.25, 0.3) is 0 Å². The summed E-state index contributed by atoms with van der Waals surface area (Å²) in [6, 6.07) is 21.5. The van der Waals surface area contributed by atoms with E-state index in [4.69, 9.17) is 5.10 Å². The Balaban J connectivity index is 1.45. The summed E-state index contributed by atoms with van der Waals surface area (Å²) < 4.78 is 1.79. The molecule has 5 aromatic rings. The molecule has 0 spiro atoms. The molecule has 1 aliphatic rings. The zero-order valence-electron chi connectivity index (χ0n) is 19.1. The van der Waals surface area contributed by atoms with Crippen LogP contribution in [0.15, 0.2) is 72.9 Å². The molecule has 6 rings (SSSR count). The largest absolute Gasteiger partial charge is 0.507 e. The number of hydrogen-bond acceptors (Lipinski definition) is 6. The summed E-state index contributed by atoms with van der Waals surface area (Å²) in [5.41, 5.74) is 7.83. The van der Waals surface area contributed by atoms with E-state index < -0.39 is 0 Å². The third-order valence-corrected chi connectivity index (χ3v) is 6.39.